The van der Waals surface area contributed by atoms with Gasteiger partial charge >= 0.3 is 0 Å². The molecule has 3 heteroatoms. The third-order valence-corrected chi connectivity index (χ3v) is 3.91. The number of carbonyl (C=O) groups excluding carboxylic acids is 1. The summed E-state index contributed by atoms with van der Waals surface area (Å²) in [6, 6.07) is 8.17. The molecule has 0 bridgehead atoms. The molecule has 2 saturated carbocycles. The van der Waals surface area contributed by atoms with Crippen molar-refractivity contribution in [2.24, 2.45) is 0 Å². The van der Waals surface area contributed by atoms with Crippen LogP contribution in [0.15, 0.2) is 24.3 Å². The van der Waals surface area contributed by atoms with E-state index in [1.807, 2.05) is 24.3 Å². The van der Waals surface area contributed by atoms with Crippen molar-refractivity contribution in [1.82, 2.24) is 5.32 Å². The molecule has 1 N–H and O–H groups in total. The summed E-state index contributed by atoms with van der Waals surface area (Å²) in [5, 5.41) is 3.25. The number of hydrogen-bond donors (Lipinski definition) is 1. The fourth-order valence-corrected chi connectivity index (χ4v) is 2.54. The van der Waals surface area contributed by atoms with Crippen LogP contribution in [0.4, 0.5) is 0 Å². The maximum absolute atomic E-state index is 11.9. The Balaban J connectivity index is 1.53. The summed E-state index contributed by atoms with van der Waals surface area (Å²) in [5.41, 5.74) is 0.770. The summed E-state index contributed by atoms with van der Waals surface area (Å²) in [7, 11) is 0. The number of ketones is 1. The van der Waals surface area contributed by atoms with Gasteiger partial charge in [0.2, 0.25) is 0 Å². The van der Waals surface area contributed by atoms with Gasteiger partial charge in [0.1, 0.15) is 5.75 Å². The first-order valence-corrected chi connectivity index (χ1v) is 7.34. The van der Waals surface area contributed by atoms with Gasteiger partial charge in [-0.2, -0.15) is 0 Å². The number of Topliss-reactive ketones (excluding diaryl/α,β-unsaturated/α-hetero) is 1. The van der Waals surface area contributed by atoms with Gasteiger partial charge < -0.3 is 10.1 Å². The van der Waals surface area contributed by atoms with E-state index in [9.17, 15) is 4.79 Å². The second-order valence-corrected chi connectivity index (χ2v) is 5.63. The van der Waals surface area contributed by atoms with Gasteiger partial charge in [-0.3, -0.25) is 4.79 Å². The number of ether oxygens (including phenoxy) is 1. The minimum atomic E-state index is 0.166. The van der Waals surface area contributed by atoms with Crippen molar-refractivity contribution < 1.29 is 9.53 Å². The average Bonchev–Trinajstić information content (AvgIpc) is 3.13. The molecular formula is C16H21NO2. The van der Waals surface area contributed by atoms with E-state index in [0.29, 0.717) is 18.7 Å². The highest BCUT2D eigenvalue weighted by molar-refractivity contribution is 5.97. The molecule has 0 aliphatic heterocycles. The van der Waals surface area contributed by atoms with Crippen LogP contribution in [0.2, 0.25) is 0 Å². The molecule has 2 aliphatic carbocycles. The maximum Gasteiger partial charge on any atom is 0.176 e. The van der Waals surface area contributed by atoms with Gasteiger partial charge in [-0.05, 0) is 62.8 Å². The van der Waals surface area contributed by atoms with Crippen LogP contribution in [0.25, 0.3) is 0 Å². The lowest BCUT2D eigenvalue weighted by Crippen LogP contribution is -2.24. The van der Waals surface area contributed by atoms with Gasteiger partial charge in [-0.25, -0.2) is 0 Å². The van der Waals surface area contributed by atoms with Crippen molar-refractivity contribution >= 4 is 5.78 Å². The summed E-state index contributed by atoms with van der Waals surface area (Å²) in [6.07, 6.45) is 7.65. The molecular weight excluding hydrogens is 238 g/mol. The fourth-order valence-electron chi connectivity index (χ4n) is 2.54. The minimum Gasteiger partial charge on any atom is -0.490 e. The molecule has 0 atom stereocenters. The molecule has 0 amide bonds. The van der Waals surface area contributed by atoms with Crippen molar-refractivity contribution in [1.29, 1.82) is 0 Å². The fraction of sp³-hybridized carbons (Fsp3) is 0.562. The lowest BCUT2D eigenvalue weighted by molar-refractivity contribution is 0.0990. The molecule has 3 nitrogen and oxygen atoms in total. The van der Waals surface area contributed by atoms with Crippen LogP contribution in [0.5, 0.6) is 5.75 Å². The van der Waals surface area contributed by atoms with Crippen LogP contribution < -0.4 is 10.1 Å². The summed E-state index contributed by atoms with van der Waals surface area (Å²) in [4.78, 5) is 11.9. The van der Waals surface area contributed by atoms with Gasteiger partial charge in [0.25, 0.3) is 0 Å². The van der Waals surface area contributed by atoms with Crippen molar-refractivity contribution in [3.8, 4) is 5.75 Å². The Kier molecular flexibility index (Phi) is 3.83. The van der Waals surface area contributed by atoms with E-state index < -0.39 is 0 Å². The average molecular weight is 259 g/mol. The first kappa shape index (κ1) is 12.7. The summed E-state index contributed by atoms with van der Waals surface area (Å²) < 4.78 is 5.89. The standard InChI is InChI=1S/C16H21NO2/c18-16(11-17-13-7-8-13)12-5-9-15(10-6-12)19-14-3-1-2-4-14/h5-6,9-10,13-14,17H,1-4,7-8,11H2. The molecule has 0 spiro atoms. The Morgan fingerprint density at radius 3 is 2.42 bits per heavy atom. The van der Waals surface area contributed by atoms with Crippen LogP contribution >= 0.6 is 0 Å². The zero-order valence-corrected chi connectivity index (χ0v) is 11.2. The van der Waals surface area contributed by atoms with Crippen molar-refractivity contribution in [3.63, 3.8) is 0 Å². The molecule has 0 heterocycles. The monoisotopic (exact) mass is 259 g/mol. The predicted octanol–water partition coefficient (Wildman–Crippen LogP) is 2.94. The number of carbonyl (C=O) groups is 1. The summed E-state index contributed by atoms with van der Waals surface area (Å²) in [5.74, 6) is 1.05. The van der Waals surface area contributed by atoms with Gasteiger partial charge in [0, 0.05) is 11.6 Å². The van der Waals surface area contributed by atoms with Crippen LogP contribution in [0.1, 0.15) is 48.9 Å². The van der Waals surface area contributed by atoms with Crippen molar-refractivity contribution in [2.45, 2.75) is 50.7 Å². The summed E-state index contributed by atoms with van der Waals surface area (Å²) in [6.45, 7) is 0.452. The smallest absolute Gasteiger partial charge is 0.176 e. The highest BCUT2D eigenvalue weighted by Gasteiger charge is 2.21. The molecule has 2 aliphatic rings. The lowest BCUT2D eigenvalue weighted by Gasteiger charge is -2.13. The Hall–Kier alpha value is -1.35. The normalized spacial score (nSPS) is 19.6. The number of rotatable bonds is 6. The third-order valence-electron chi connectivity index (χ3n) is 3.91. The quantitative estimate of drug-likeness (QED) is 0.798. The van der Waals surface area contributed by atoms with Gasteiger partial charge in [-0.15, -0.1) is 0 Å². The topological polar surface area (TPSA) is 38.3 Å². The zero-order chi connectivity index (χ0) is 13.1. The van der Waals surface area contributed by atoms with E-state index in [0.717, 1.165) is 24.2 Å². The Morgan fingerprint density at radius 1 is 1.11 bits per heavy atom. The van der Waals surface area contributed by atoms with Crippen molar-refractivity contribution in [3.05, 3.63) is 29.8 Å². The highest BCUT2D eigenvalue weighted by atomic mass is 16.5. The highest BCUT2D eigenvalue weighted by Crippen LogP contribution is 2.24. The number of benzene rings is 1. The third kappa shape index (κ3) is 3.57. The van der Waals surface area contributed by atoms with E-state index >= 15 is 0 Å². The van der Waals surface area contributed by atoms with Gasteiger partial charge in [-0.1, -0.05) is 0 Å². The van der Waals surface area contributed by atoms with Crippen LogP contribution in [0.3, 0.4) is 0 Å². The molecule has 0 unspecified atom stereocenters. The zero-order valence-electron chi connectivity index (χ0n) is 11.2. The summed E-state index contributed by atoms with van der Waals surface area (Å²) >= 11 is 0. The second kappa shape index (κ2) is 5.74. The molecule has 19 heavy (non-hydrogen) atoms. The van der Waals surface area contributed by atoms with E-state index in [2.05, 4.69) is 5.32 Å². The first-order chi connectivity index (χ1) is 9.31. The first-order valence-electron chi connectivity index (χ1n) is 7.34. The number of nitrogens with one attached hydrogen (secondary N) is 1. The second-order valence-electron chi connectivity index (χ2n) is 5.63. The Morgan fingerprint density at radius 2 is 1.79 bits per heavy atom. The minimum absolute atomic E-state index is 0.166. The predicted molar refractivity (Wildman–Crippen MR) is 74.7 cm³/mol. The molecule has 1 aromatic rings. The number of hydrogen-bond acceptors (Lipinski definition) is 3. The Labute approximate surface area is 114 Å². The van der Waals surface area contributed by atoms with Gasteiger partial charge in [0.15, 0.2) is 5.78 Å². The van der Waals surface area contributed by atoms with Crippen LogP contribution in [-0.4, -0.2) is 24.5 Å². The molecule has 0 aromatic heterocycles. The lowest BCUT2D eigenvalue weighted by atomic mass is 10.1. The van der Waals surface area contributed by atoms with Crippen molar-refractivity contribution in [2.75, 3.05) is 6.54 Å². The molecule has 3 rings (SSSR count). The SMILES string of the molecule is O=C(CNC1CC1)c1ccc(OC2CCCC2)cc1. The Bertz CT molecular complexity index is 431. The van der Waals surface area contributed by atoms with E-state index in [-0.39, 0.29) is 5.78 Å². The van der Waals surface area contributed by atoms with Gasteiger partial charge in [0.05, 0.1) is 12.6 Å². The molecule has 102 valence electrons. The van der Waals surface area contributed by atoms with Crippen LogP contribution in [0, 0.1) is 0 Å². The van der Waals surface area contributed by atoms with E-state index in [1.165, 1.54) is 25.7 Å². The van der Waals surface area contributed by atoms with Crippen LogP contribution in [-0.2, 0) is 0 Å². The largest absolute Gasteiger partial charge is 0.490 e. The maximum atomic E-state index is 11.9. The molecule has 1 aromatic carbocycles. The molecule has 0 saturated heterocycles. The molecule has 0 radical (unpaired) electrons. The van der Waals surface area contributed by atoms with E-state index in [4.69, 9.17) is 4.74 Å². The van der Waals surface area contributed by atoms with E-state index in [1.54, 1.807) is 0 Å². The molecule has 2 fully saturated rings.